The minimum atomic E-state index is -2.02. The molecule has 1 fully saturated rings. The van der Waals surface area contributed by atoms with Crippen LogP contribution in [0.1, 0.15) is 15.9 Å². The van der Waals surface area contributed by atoms with Crippen LogP contribution in [0.3, 0.4) is 0 Å². The van der Waals surface area contributed by atoms with Gasteiger partial charge >= 0.3 is 0 Å². The molecule has 1 saturated heterocycles. The lowest BCUT2D eigenvalue weighted by atomic mass is 10.1. The van der Waals surface area contributed by atoms with E-state index >= 15 is 0 Å². The van der Waals surface area contributed by atoms with Crippen molar-refractivity contribution in [2.45, 2.75) is 13.0 Å². The minimum Gasteiger partial charge on any atom is -0.491 e. The second kappa shape index (κ2) is 8.36. The van der Waals surface area contributed by atoms with Crippen LogP contribution in [0, 0.1) is 30.2 Å². The second-order valence-electron chi connectivity index (χ2n) is 6.31. The molecule has 0 aromatic heterocycles. The highest BCUT2D eigenvalue weighted by atomic mass is 35.5. The molecule has 1 aliphatic heterocycles. The van der Waals surface area contributed by atoms with Gasteiger partial charge in [-0.25, -0.2) is 17.6 Å². The quantitative estimate of drug-likeness (QED) is 0.426. The predicted molar refractivity (Wildman–Crippen MR) is 93.6 cm³/mol. The Bertz CT molecular complexity index is 909. The van der Waals surface area contributed by atoms with Crippen molar-refractivity contribution >= 4 is 17.5 Å². The number of carbonyl (C=O) groups is 1. The zero-order valence-corrected chi connectivity index (χ0v) is 15.5. The summed E-state index contributed by atoms with van der Waals surface area (Å²) in [6.45, 7) is 2.16. The molecule has 3 rings (SSSR count). The lowest BCUT2D eigenvalue weighted by molar-refractivity contribution is -0.0402. The first-order valence-corrected chi connectivity index (χ1v) is 8.78. The van der Waals surface area contributed by atoms with Crippen LogP contribution < -0.4 is 4.74 Å². The largest absolute Gasteiger partial charge is 0.491 e. The van der Waals surface area contributed by atoms with Gasteiger partial charge in [0.25, 0.3) is 5.91 Å². The van der Waals surface area contributed by atoms with Gasteiger partial charge in [0.2, 0.25) is 0 Å². The molecule has 0 spiro atoms. The van der Waals surface area contributed by atoms with Crippen molar-refractivity contribution in [3.63, 3.8) is 0 Å². The summed E-state index contributed by atoms with van der Waals surface area (Å²) in [7, 11) is 0. The van der Waals surface area contributed by atoms with Crippen molar-refractivity contribution in [1.29, 1.82) is 0 Å². The van der Waals surface area contributed by atoms with Crippen molar-refractivity contribution in [3.05, 3.63) is 63.7 Å². The Balaban J connectivity index is 1.67. The maximum absolute atomic E-state index is 13.9. The topological polar surface area (TPSA) is 38.8 Å². The highest BCUT2D eigenvalue weighted by molar-refractivity contribution is 6.31. The van der Waals surface area contributed by atoms with Crippen molar-refractivity contribution in [3.8, 4) is 5.75 Å². The van der Waals surface area contributed by atoms with E-state index < -0.39 is 40.8 Å². The van der Waals surface area contributed by atoms with E-state index in [1.165, 1.54) is 4.90 Å². The molecule has 0 bridgehead atoms. The number of amides is 1. The average Bonchev–Trinajstić information content (AvgIpc) is 2.69. The van der Waals surface area contributed by atoms with E-state index in [0.29, 0.717) is 16.8 Å². The molecule has 2 aromatic rings. The number of hydrogen-bond donors (Lipinski definition) is 0. The Morgan fingerprint density at radius 2 is 1.96 bits per heavy atom. The summed E-state index contributed by atoms with van der Waals surface area (Å²) in [5.74, 6) is -7.72. The first-order chi connectivity index (χ1) is 13.3. The molecule has 4 nitrogen and oxygen atoms in total. The fraction of sp³-hybridized carbons (Fsp3) is 0.316. The molecule has 1 aliphatic rings. The van der Waals surface area contributed by atoms with Gasteiger partial charge in [-0.3, -0.25) is 4.79 Å². The van der Waals surface area contributed by atoms with E-state index in [2.05, 4.69) is 0 Å². The third-order valence-electron chi connectivity index (χ3n) is 4.32. The van der Waals surface area contributed by atoms with Gasteiger partial charge in [-0.15, -0.1) is 0 Å². The smallest absolute Gasteiger partial charge is 0.257 e. The van der Waals surface area contributed by atoms with Crippen LogP contribution in [-0.2, 0) is 4.74 Å². The molecule has 28 heavy (non-hydrogen) atoms. The van der Waals surface area contributed by atoms with E-state index in [9.17, 15) is 22.4 Å². The summed E-state index contributed by atoms with van der Waals surface area (Å²) in [5.41, 5.74) is -0.0392. The van der Waals surface area contributed by atoms with E-state index in [1.807, 2.05) is 6.92 Å². The third kappa shape index (κ3) is 4.23. The number of morpholine rings is 1. The number of nitrogens with zero attached hydrogens (tertiary/aromatic N) is 1. The van der Waals surface area contributed by atoms with E-state index in [1.54, 1.807) is 18.2 Å². The fourth-order valence-corrected chi connectivity index (χ4v) is 2.92. The van der Waals surface area contributed by atoms with Gasteiger partial charge in [0.1, 0.15) is 18.5 Å². The number of halogens is 5. The summed E-state index contributed by atoms with van der Waals surface area (Å²) in [6, 6.07) is 5.46. The number of rotatable bonds is 4. The van der Waals surface area contributed by atoms with Crippen LogP contribution in [0.25, 0.3) is 0 Å². The first-order valence-electron chi connectivity index (χ1n) is 8.40. The lowest BCUT2D eigenvalue weighted by Crippen LogP contribution is -2.48. The molecule has 0 radical (unpaired) electrons. The Labute approximate surface area is 163 Å². The zero-order valence-electron chi connectivity index (χ0n) is 14.8. The minimum absolute atomic E-state index is 0.0193. The monoisotopic (exact) mass is 417 g/mol. The Hall–Kier alpha value is -2.32. The van der Waals surface area contributed by atoms with Crippen LogP contribution in [0.4, 0.5) is 17.6 Å². The summed E-state index contributed by atoms with van der Waals surface area (Å²) in [5, 5.41) is 0.596. The van der Waals surface area contributed by atoms with Gasteiger partial charge in [-0.1, -0.05) is 11.6 Å². The van der Waals surface area contributed by atoms with Crippen LogP contribution in [0.5, 0.6) is 5.75 Å². The highest BCUT2D eigenvalue weighted by Crippen LogP contribution is 2.23. The van der Waals surface area contributed by atoms with Crippen molar-refractivity contribution in [2.75, 3.05) is 26.3 Å². The number of aryl methyl sites for hydroxylation is 1. The third-order valence-corrected chi connectivity index (χ3v) is 4.75. The molecule has 9 heteroatoms. The zero-order chi connectivity index (χ0) is 20.4. The van der Waals surface area contributed by atoms with Crippen LogP contribution >= 0.6 is 11.6 Å². The second-order valence-corrected chi connectivity index (χ2v) is 6.72. The standard InChI is InChI=1S/C19H16ClF4NO3/c1-10-6-11(2-3-14(10)20)28-9-12-8-25(4-5-27-12)19(26)13-7-15(21)17(23)18(24)16(13)22/h2-3,6-7,12H,4-5,8-9H2,1H3/t12-/m1/s1. The lowest BCUT2D eigenvalue weighted by Gasteiger charge is -2.33. The van der Waals surface area contributed by atoms with Crippen LogP contribution in [-0.4, -0.2) is 43.2 Å². The summed E-state index contributed by atoms with van der Waals surface area (Å²) in [4.78, 5) is 13.6. The van der Waals surface area contributed by atoms with Gasteiger partial charge in [0.05, 0.1) is 18.7 Å². The normalized spacial score (nSPS) is 16.9. The molecule has 0 aliphatic carbocycles. The fourth-order valence-electron chi connectivity index (χ4n) is 2.80. The summed E-state index contributed by atoms with van der Waals surface area (Å²) < 4.78 is 64.9. The Morgan fingerprint density at radius 3 is 2.68 bits per heavy atom. The number of ether oxygens (including phenoxy) is 2. The highest BCUT2D eigenvalue weighted by Gasteiger charge is 2.30. The molecule has 150 valence electrons. The molecule has 0 saturated carbocycles. The molecule has 1 heterocycles. The van der Waals surface area contributed by atoms with Crippen molar-refractivity contribution < 1.29 is 31.8 Å². The SMILES string of the molecule is Cc1cc(OC[C@H]2CN(C(=O)c3cc(F)c(F)c(F)c3F)CCO2)ccc1Cl. The van der Waals surface area contributed by atoms with Gasteiger partial charge < -0.3 is 14.4 Å². The predicted octanol–water partition coefficient (Wildman–Crippen LogP) is 4.12. The Morgan fingerprint density at radius 1 is 1.21 bits per heavy atom. The van der Waals surface area contributed by atoms with Crippen LogP contribution in [0.15, 0.2) is 24.3 Å². The molecule has 2 aromatic carbocycles. The molecule has 0 unspecified atom stereocenters. The number of hydrogen-bond acceptors (Lipinski definition) is 3. The number of carbonyl (C=O) groups excluding carboxylic acids is 1. The van der Waals surface area contributed by atoms with Gasteiger partial charge in [0, 0.05) is 11.6 Å². The first kappa shape index (κ1) is 20.4. The van der Waals surface area contributed by atoms with Crippen LogP contribution in [0.2, 0.25) is 5.02 Å². The molecule has 1 atom stereocenters. The van der Waals surface area contributed by atoms with E-state index in [4.69, 9.17) is 21.1 Å². The molecular weight excluding hydrogens is 402 g/mol. The van der Waals surface area contributed by atoms with Crippen molar-refractivity contribution in [2.24, 2.45) is 0 Å². The van der Waals surface area contributed by atoms with Gasteiger partial charge in [-0.05, 0) is 36.8 Å². The molecule has 0 N–H and O–H groups in total. The number of benzene rings is 2. The van der Waals surface area contributed by atoms with E-state index in [-0.39, 0.29) is 26.3 Å². The summed E-state index contributed by atoms with van der Waals surface area (Å²) >= 11 is 5.95. The van der Waals surface area contributed by atoms with E-state index in [0.717, 1.165) is 5.56 Å². The van der Waals surface area contributed by atoms with Gasteiger partial charge in [-0.2, -0.15) is 0 Å². The average molecular weight is 418 g/mol. The Kier molecular flexibility index (Phi) is 6.10. The van der Waals surface area contributed by atoms with Crippen molar-refractivity contribution in [1.82, 2.24) is 4.90 Å². The molecular formula is C19H16ClF4NO3. The maximum atomic E-state index is 13.9. The molecule has 1 amide bonds. The van der Waals surface area contributed by atoms with Gasteiger partial charge in [0.15, 0.2) is 23.3 Å². The maximum Gasteiger partial charge on any atom is 0.257 e. The summed E-state index contributed by atoms with van der Waals surface area (Å²) in [6.07, 6.45) is -0.535.